The average Bonchev–Trinajstić information content (AvgIpc) is 3.29. The van der Waals surface area contributed by atoms with Gasteiger partial charge in [-0.2, -0.15) is 0 Å². The van der Waals surface area contributed by atoms with Crippen LogP contribution in [0.1, 0.15) is 93.9 Å². The molecule has 0 aromatic rings. The fourth-order valence-electron chi connectivity index (χ4n) is 7.81. The number of piperidine rings is 1. The highest BCUT2D eigenvalue weighted by molar-refractivity contribution is 7.80. The molecule has 13 heteroatoms. The van der Waals surface area contributed by atoms with E-state index in [1.807, 2.05) is 15.7 Å². The summed E-state index contributed by atoms with van der Waals surface area (Å²) in [5, 5.41) is 9.16. The molecular weight excluding hydrogens is 643 g/mol. The number of nitrogens with two attached hydrogens (primary N) is 1. The van der Waals surface area contributed by atoms with Crippen LogP contribution in [0.15, 0.2) is 12.7 Å². The molecule has 0 aromatic carbocycles. The molecule has 2 aliphatic heterocycles. The lowest BCUT2D eigenvalue weighted by molar-refractivity contribution is -0.155. The van der Waals surface area contributed by atoms with Gasteiger partial charge in [0.1, 0.15) is 6.23 Å². The van der Waals surface area contributed by atoms with Gasteiger partial charge in [-0.15, -0.1) is 6.58 Å². The van der Waals surface area contributed by atoms with Crippen molar-refractivity contribution in [1.29, 1.82) is 0 Å². The highest BCUT2D eigenvalue weighted by Gasteiger charge is 2.69. The van der Waals surface area contributed by atoms with Crippen molar-refractivity contribution in [1.82, 2.24) is 29.5 Å². The molecule has 0 bridgehead atoms. The Morgan fingerprint density at radius 3 is 2.35 bits per heavy atom. The highest BCUT2D eigenvalue weighted by Crippen LogP contribution is 2.65. The number of carbonyl (C=O) groups excluding carboxylic acids is 3. The van der Waals surface area contributed by atoms with E-state index in [1.165, 1.54) is 6.08 Å². The van der Waals surface area contributed by atoms with Gasteiger partial charge in [0.25, 0.3) is 5.91 Å². The number of hydrogen-bond donors (Lipinski definition) is 4. The van der Waals surface area contributed by atoms with Gasteiger partial charge in [-0.3, -0.25) is 30.3 Å². The maximum absolute atomic E-state index is 14.4. The van der Waals surface area contributed by atoms with Gasteiger partial charge in [0.2, 0.25) is 11.7 Å². The zero-order valence-electron chi connectivity index (χ0n) is 31.5. The van der Waals surface area contributed by atoms with E-state index < -0.39 is 47.5 Å². The maximum Gasteiger partial charge on any atom is 0.289 e. The number of ether oxygens (including phenoxy) is 1. The number of likely N-dealkylation sites (tertiary alicyclic amines) is 1. The number of ketones is 1. The number of Topliss-reactive ketones (excluding diaryl/α,β-unsaturated/α-hetero) is 1. The molecule has 2 saturated heterocycles. The van der Waals surface area contributed by atoms with Crippen molar-refractivity contribution >= 4 is 28.8 Å². The minimum Gasteiger partial charge on any atom is -0.346 e. The molecule has 5 unspecified atom stereocenters. The molecule has 4 rings (SSSR count). The summed E-state index contributed by atoms with van der Waals surface area (Å²) in [4.78, 5) is 42.6. The lowest BCUT2D eigenvalue weighted by Gasteiger charge is -2.42. The topological polar surface area (TPSA) is 149 Å². The first-order valence-electron chi connectivity index (χ1n) is 18.3. The molecule has 49 heavy (non-hydrogen) atoms. The van der Waals surface area contributed by atoms with Gasteiger partial charge in [-0.1, -0.05) is 80.7 Å². The molecule has 280 valence electrons. The third kappa shape index (κ3) is 9.99. The molecule has 2 heterocycles. The van der Waals surface area contributed by atoms with Crippen LogP contribution < -0.4 is 21.7 Å². The Morgan fingerprint density at radius 2 is 1.78 bits per heavy atom. The van der Waals surface area contributed by atoms with Gasteiger partial charge in [-0.25, -0.2) is 12.8 Å². The van der Waals surface area contributed by atoms with E-state index in [2.05, 4.69) is 82.8 Å². The fourth-order valence-corrected chi connectivity index (χ4v) is 9.05. The van der Waals surface area contributed by atoms with Crippen LogP contribution in [0.25, 0.3) is 0 Å². The minimum absolute atomic E-state index is 0.0332. The van der Waals surface area contributed by atoms with E-state index in [0.29, 0.717) is 37.8 Å². The molecule has 2 saturated carbocycles. The predicted octanol–water partition coefficient (Wildman–Crippen LogP) is 2.73. The number of fused-ring (bicyclic) bond motifs is 1. The van der Waals surface area contributed by atoms with Gasteiger partial charge >= 0.3 is 0 Å². The minimum atomic E-state index is -1.21. The lowest BCUT2D eigenvalue weighted by Crippen LogP contribution is -2.61. The standard InChI is InChI=1S/C36H65N7O5S/c1-11-16-38-32(46)30(44)25(19-23-14-12-15-23)39-31(45)29-28-24(36(28,8)9)21-43(29)27(20-34(2,3)4)48-33(37)40-26(35(5,6)7)22-42-18-13-17-41(10)49(42)47/h11,23-29,33,40H,1,12-22,37H2,2-10H3,(H,38,46)(H,39,45)/t24?,25?,26-,27?,28+,29+,33?,49?/m1/s1. The van der Waals surface area contributed by atoms with E-state index >= 15 is 0 Å². The molecule has 4 fully saturated rings. The molecule has 0 radical (unpaired) electrons. The first-order valence-corrected chi connectivity index (χ1v) is 19.3. The number of rotatable bonds is 16. The Bertz CT molecular complexity index is 1230. The van der Waals surface area contributed by atoms with Crippen LogP contribution in [-0.4, -0.2) is 106 Å². The fraction of sp³-hybridized carbons (Fsp3) is 0.861. The second-order valence-electron chi connectivity index (χ2n) is 17.7. The Morgan fingerprint density at radius 1 is 1.10 bits per heavy atom. The summed E-state index contributed by atoms with van der Waals surface area (Å²) >= 11 is -1.21. The molecule has 0 aromatic heterocycles. The Balaban J connectivity index is 1.54. The zero-order chi connectivity index (χ0) is 36.5. The largest absolute Gasteiger partial charge is 0.346 e. The second kappa shape index (κ2) is 15.9. The predicted molar refractivity (Wildman–Crippen MR) is 194 cm³/mol. The van der Waals surface area contributed by atoms with Crippen LogP contribution >= 0.6 is 0 Å². The Kier molecular flexibility index (Phi) is 13.0. The molecule has 2 aliphatic carbocycles. The molecule has 0 spiro atoms. The summed E-state index contributed by atoms with van der Waals surface area (Å²) < 4.78 is 23.6. The van der Waals surface area contributed by atoms with E-state index in [-0.39, 0.29) is 40.7 Å². The number of carbonyl (C=O) groups is 3. The zero-order valence-corrected chi connectivity index (χ0v) is 32.4. The van der Waals surface area contributed by atoms with Gasteiger partial charge in [0.15, 0.2) is 17.5 Å². The second-order valence-corrected chi connectivity index (χ2v) is 19.3. The number of nitrogens with one attached hydrogen (secondary N) is 3. The molecule has 12 nitrogen and oxygen atoms in total. The van der Waals surface area contributed by atoms with Crippen LogP contribution in [0.5, 0.6) is 0 Å². The van der Waals surface area contributed by atoms with Crippen molar-refractivity contribution in [2.75, 3.05) is 39.8 Å². The van der Waals surface area contributed by atoms with E-state index in [1.54, 1.807) is 0 Å². The average molecular weight is 708 g/mol. The summed E-state index contributed by atoms with van der Waals surface area (Å²) in [5.74, 6) is -0.849. The first-order chi connectivity index (χ1) is 22.7. The summed E-state index contributed by atoms with van der Waals surface area (Å²) in [5.41, 5.74) is 6.38. The Hall–Kier alpha value is -1.74. The Labute approximate surface area is 297 Å². The number of hydrogen-bond acceptors (Lipinski definition) is 8. The van der Waals surface area contributed by atoms with Crippen molar-refractivity contribution in [3.05, 3.63) is 12.7 Å². The van der Waals surface area contributed by atoms with Gasteiger partial charge < -0.3 is 15.4 Å². The van der Waals surface area contributed by atoms with Crippen LogP contribution in [0.3, 0.4) is 0 Å². The number of amides is 2. The van der Waals surface area contributed by atoms with E-state index in [4.69, 9.17) is 10.5 Å². The normalized spacial score (nSPS) is 28.9. The highest BCUT2D eigenvalue weighted by atomic mass is 32.2. The third-order valence-electron chi connectivity index (χ3n) is 11.2. The smallest absolute Gasteiger partial charge is 0.289 e. The monoisotopic (exact) mass is 707 g/mol. The molecule has 4 aliphatic rings. The van der Waals surface area contributed by atoms with E-state index in [9.17, 15) is 18.6 Å². The van der Waals surface area contributed by atoms with Crippen LogP contribution in [0, 0.1) is 34.0 Å². The van der Waals surface area contributed by atoms with Crippen LogP contribution in [0.2, 0.25) is 0 Å². The van der Waals surface area contributed by atoms with E-state index in [0.717, 1.165) is 38.8 Å². The quantitative estimate of drug-likeness (QED) is 0.109. The molecule has 2 amide bonds. The summed E-state index contributed by atoms with van der Waals surface area (Å²) in [6, 6.07) is -1.54. The molecule has 5 N–H and O–H groups in total. The van der Waals surface area contributed by atoms with Crippen molar-refractivity contribution in [3.63, 3.8) is 0 Å². The molecular formula is C36H65N7O5S. The third-order valence-corrected chi connectivity index (χ3v) is 12.7. The first kappa shape index (κ1) is 40.0. The van der Waals surface area contributed by atoms with Crippen molar-refractivity contribution in [3.8, 4) is 0 Å². The van der Waals surface area contributed by atoms with Crippen LogP contribution in [0.4, 0.5) is 0 Å². The lowest BCUT2D eigenvalue weighted by atomic mass is 9.80. The van der Waals surface area contributed by atoms with Gasteiger partial charge in [0.05, 0.1) is 12.1 Å². The summed E-state index contributed by atoms with van der Waals surface area (Å²) in [6.45, 7) is 23.8. The number of nitrogens with zero attached hydrogens (tertiary/aromatic N) is 3. The maximum atomic E-state index is 14.4. The van der Waals surface area contributed by atoms with Gasteiger partial charge in [0, 0.05) is 45.8 Å². The van der Waals surface area contributed by atoms with Crippen molar-refractivity contribution in [2.24, 2.45) is 39.7 Å². The van der Waals surface area contributed by atoms with Crippen molar-refractivity contribution in [2.45, 2.75) is 125 Å². The molecule has 8 atom stereocenters. The summed E-state index contributed by atoms with van der Waals surface area (Å²) in [6.07, 6.45) is 5.32. The SMILES string of the molecule is C=CCNC(=O)C(=O)C(CC1CCC1)NC(=O)[C@@H]1[C@@H]2C(CN1C(CC(C)(C)C)OC(N)N[C@H](CN1CCCN(C)S1=O)C(C)(C)C)C2(C)C. The van der Waals surface area contributed by atoms with Crippen molar-refractivity contribution < 1.29 is 23.3 Å². The summed E-state index contributed by atoms with van der Waals surface area (Å²) in [7, 11) is 1.88. The van der Waals surface area contributed by atoms with Crippen LogP contribution in [-0.2, 0) is 30.3 Å². The van der Waals surface area contributed by atoms with Gasteiger partial charge in [-0.05, 0) is 53.3 Å².